The minimum absolute atomic E-state index is 0.0486. The number of rotatable bonds is 2. The first-order valence-corrected chi connectivity index (χ1v) is 13.3. The van der Waals surface area contributed by atoms with Crippen LogP contribution < -0.4 is 0 Å². The Balaban J connectivity index is 1.66. The number of furan rings is 1. The summed E-state index contributed by atoms with van der Waals surface area (Å²) in [5.74, 6) is 1.65. The first kappa shape index (κ1) is 23.9. The van der Waals surface area contributed by atoms with Crippen LogP contribution in [0.2, 0.25) is 0 Å². The third-order valence-electron chi connectivity index (χ3n) is 11.1. The highest BCUT2D eigenvalue weighted by Gasteiger charge is 2.69. The molecule has 0 bridgehead atoms. The van der Waals surface area contributed by atoms with Gasteiger partial charge in [0, 0.05) is 19.4 Å². The molecule has 3 fully saturated rings. The second kappa shape index (κ2) is 7.61. The normalized spacial score (nSPS) is 44.6. The summed E-state index contributed by atoms with van der Waals surface area (Å²) in [7, 11) is 0. The van der Waals surface area contributed by atoms with Crippen LogP contribution >= 0.6 is 0 Å². The molecule has 0 aliphatic heterocycles. The van der Waals surface area contributed by atoms with Crippen molar-refractivity contribution < 1.29 is 23.5 Å². The molecule has 0 spiro atoms. The number of carbonyl (C=O) groups excluding carboxylic acids is 2. The minimum Gasteiger partial charge on any atom is -0.468 e. The molecule has 188 valence electrons. The summed E-state index contributed by atoms with van der Waals surface area (Å²) in [6.07, 6.45) is 8.90. The van der Waals surface area contributed by atoms with Crippen LogP contribution in [0.25, 0.3) is 0 Å². The highest BCUT2D eigenvalue weighted by Crippen LogP contribution is 2.73. The lowest BCUT2D eigenvalue weighted by Crippen LogP contribution is -2.67. The van der Waals surface area contributed by atoms with Crippen molar-refractivity contribution in [2.45, 2.75) is 111 Å². The first-order chi connectivity index (χ1) is 15.8. The van der Waals surface area contributed by atoms with Crippen molar-refractivity contribution in [3.63, 3.8) is 0 Å². The highest BCUT2D eigenvalue weighted by molar-refractivity contribution is 5.67. The van der Waals surface area contributed by atoms with E-state index in [2.05, 4.69) is 34.6 Å². The average Bonchev–Trinajstić information content (AvgIpc) is 3.21. The summed E-state index contributed by atoms with van der Waals surface area (Å²) in [4.78, 5) is 24.4. The maximum atomic E-state index is 12.4. The quantitative estimate of drug-likeness (QED) is 0.448. The van der Waals surface area contributed by atoms with Crippen LogP contribution in [-0.4, -0.2) is 18.0 Å². The van der Waals surface area contributed by atoms with Gasteiger partial charge >= 0.3 is 11.9 Å². The van der Waals surface area contributed by atoms with Crippen molar-refractivity contribution in [1.82, 2.24) is 0 Å². The minimum atomic E-state index is -0.445. The second-order valence-electron chi connectivity index (χ2n) is 13.2. The summed E-state index contributed by atoms with van der Waals surface area (Å²) in [5, 5.41) is 0. The van der Waals surface area contributed by atoms with Gasteiger partial charge in [0.15, 0.2) is 0 Å². The number of esters is 2. The van der Waals surface area contributed by atoms with E-state index in [9.17, 15) is 9.59 Å². The summed E-state index contributed by atoms with van der Waals surface area (Å²) in [6, 6.07) is 1.94. The van der Waals surface area contributed by atoms with Crippen LogP contribution in [0.1, 0.15) is 111 Å². The summed E-state index contributed by atoms with van der Waals surface area (Å²) in [6.45, 7) is 15.2. The molecule has 8 atom stereocenters. The van der Waals surface area contributed by atoms with Gasteiger partial charge in [0.05, 0.1) is 11.7 Å². The van der Waals surface area contributed by atoms with E-state index in [1.807, 2.05) is 6.07 Å². The number of carbonyl (C=O) groups is 2. The van der Waals surface area contributed by atoms with Gasteiger partial charge in [-0.3, -0.25) is 9.59 Å². The molecule has 5 rings (SSSR count). The van der Waals surface area contributed by atoms with Crippen LogP contribution in [0.4, 0.5) is 0 Å². The fraction of sp³-hybridized carbons (Fsp3) is 0.793. The van der Waals surface area contributed by atoms with Crippen molar-refractivity contribution in [3.05, 3.63) is 23.7 Å². The van der Waals surface area contributed by atoms with Gasteiger partial charge in [-0.2, -0.15) is 0 Å². The van der Waals surface area contributed by atoms with E-state index in [1.165, 1.54) is 39.5 Å². The van der Waals surface area contributed by atoms with Gasteiger partial charge in [-0.25, -0.2) is 0 Å². The molecule has 0 radical (unpaired) electrons. The van der Waals surface area contributed by atoms with E-state index >= 15 is 0 Å². The van der Waals surface area contributed by atoms with Crippen LogP contribution in [-0.2, 0) is 24.5 Å². The zero-order valence-electron chi connectivity index (χ0n) is 22.0. The largest absolute Gasteiger partial charge is 0.468 e. The summed E-state index contributed by atoms with van der Waals surface area (Å²) < 4.78 is 18.2. The molecule has 34 heavy (non-hydrogen) atoms. The molecular weight excluding hydrogens is 428 g/mol. The van der Waals surface area contributed by atoms with Gasteiger partial charge < -0.3 is 13.9 Å². The maximum Gasteiger partial charge on any atom is 0.303 e. The molecule has 1 unspecified atom stereocenters. The smallest absolute Gasteiger partial charge is 0.303 e. The van der Waals surface area contributed by atoms with E-state index < -0.39 is 5.41 Å². The summed E-state index contributed by atoms with van der Waals surface area (Å²) in [5.41, 5.74) is 1.07. The van der Waals surface area contributed by atoms with Gasteiger partial charge in [0.2, 0.25) is 0 Å². The molecule has 4 aliphatic carbocycles. The third kappa shape index (κ3) is 3.17. The molecule has 5 nitrogen and oxygen atoms in total. The maximum absolute atomic E-state index is 12.4. The zero-order chi connectivity index (χ0) is 24.7. The Morgan fingerprint density at radius 1 is 0.882 bits per heavy atom. The Kier molecular flexibility index (Phi) is 5.36. The molecule has 5 heteroatoms. The lowest BCUT2D eigenvalue weighted by Gasteiger charge is -2.69. The van der Waals surface area contributed by atoms with E-state index in [1.54, 1.807) is 6.26 Å². The molecular formula is C29H42O5. The molecule has 1 aromatic heterocycles. The molecule has 0 N–H and O–H groups in total. The van der Waals surface area contributed by atoms with Crippen LogP contribution in [0.15, 0.2) is 16.7 Å². The Hall–Kier alpha value is -1.78. The molecule has 0 aromatic carbocycles. The zero-order valence-corrected chi connectivity index (χ0v) is 22.0. The number of fused-ring (bicyclic) bond motifs is 7. The highest BCUT2D eigenvalue weighted by atomic mass is 16.5. The lowest BCUT2D eigenvalue weighted by molar-refractivity contribution is -0.224. The van der Waals surface area contributed by atoms with Gasteiger partial charge in [-0.1, -0.05) is 34.1 Å². The standard InChI is InChI=1S/C29H42O5/c1-17(30)33-20-15-23-28(6)13-9-21-26(3,4)11-8-12-27(21,5)22(28)16-24(34-18(2)31)29(23,7)25-19(20)10-14-32-25/h10,14,20-24H,8-9,11-13,15-16H2,1-7H3/t20-,21?,22+,23-,24-,27-,28+,29+/m0/s1. The fourth-order valence-corrected chi connectivity index (χ4v) is 9.86. The van der Waals surface area contributed by atoms with Gasteiger partial charge in [-0.15, -0.1) is 0 Å². The van der Waals surface area contributed by atoms with E-state index in [0.717, 1.165) is 30.6 Å². The molecule has 1 aromatic rings. The summed E-state index contributed by atoms with van der Waals surface area (Å²) >= 11 is 0. The Morgan fingerprint density at radius 3 is 2.24 bits per heavy atom. The van der Waals surface area contributed by atoms with Crippen molar-refractivity contribution >= 4 is 11.9 Å². The van der Waals surface area contributed by atoms with Gasteiger partial charge in [0.25, 0.3) is 0 Å². The SMILES string of the molecule is CC(=O)O[C@H]1C[C@H]2[C@]3(C)CCC4C(C)(C)CCC[C@]4(C)[C@H]3C[C@H](OC(C)=O)[C@]2(C)c2occc21. The van der Waals surface area contributed by atoms with Crippen molar-refractivity contribution in [2.75, 3.05) is 0 Å². The number of hydrogen-bond acceptors (Lipinski definition) is 5. The van der Waals surface area contributed by atoms with Crippen LogP contribution in [0.3, 0.4) is 0 Å². The third-order valence-corrected chi connectivity index (χ3v) is 11.1. The predicted octanol–water partition coefficient (Wildman–Crippen LogP) is 6.75. The topological polar surface area (TPSA) is 65.7 Å². The van der Waals surface area contributed by atoms with Gasteiger partial charge in [-0.05, 0) is 85.5 Å². The molecule has 0 amide bonds. The monoisotopic (exact) mass is 470 g/mol. The average molecular weight is 471 g/mol. The second-order valence-corrected chi connectivity index (χ2v) is 13.2. The van der Waals surface area contributed by atoms with Crippen molar-refractivity contribution in [2.24, 2.45) is 34.0 Å². The molecule has 1 heterocycles. The van der Waals surface area contributed by atoms with Crippen LogP contribution in [0, 0.1) is 34.0 Å². The van der Waals surface area contributed by atoms with E-state index in [-0.39, 0.29) is 40.9 Å². The molecule has 3 saturated carbocycles. The van der Waals surface area contributed by atoms with E-state index in [4.69, 9.17) is 13.9 Å². The predicted molar refractivity (Wildman–Crippen MR) is 129 cm³/mol. The van der Waals surface area contributed by atoms with Crippen LogP contribution in [0.5, 0.6) is 0 Å². The number of hydrogen-bond donors (Lipinski definition) is 0. The first-order valence-electron chi connectivity index (χ1n) is 13.3. The number of ether oxygens (including phenoxy) is 2. The van der Waals surface area contributed by atoms with Gasteiger partial charge in [0.1, 0.15) is 18.0 Å². The van der Waals surface area contributed by atoms with Crippen molar-refractivity contribution in [1.29, 1.82) is 0 Å². The molecule has 0 saturated heterocycles. The lowest BCUT2D eigenvalue weighted by atomic mass is 9.35. The molecule has 4 aliphatic rings. The van der Waals surface area contributed by atoms with Crippen molar-refractivity contribution in [3.8, 4) is 0 Å². The Labute approximate surface area is 204 Å². The van der Waals surface area contributed by atoms with E-state index in [0.29, 0.717) is 17.3 Å². The fourth-order valence-electron chi connectivity index (χ4n) is 9.86. The Bertz CT molecular complexity index is 992. The Morgan fingerprint density at radius 2 is 1.56 bits per heavy atom.